The molecule has 4 aromatic rings. The smallest absolute Gasteiger partial charge is 0.469 e. The lowest BCUT2D eigenvalue weighted by molar-refractivity contribution is -0.146. The first-order valence-corrected chi connectivity index (χ1v) is 17.5. The minimum absolute atomic E-state index is 0.0528. The Hall–Kier alpha value is -4.53. The summed E-state index contributed by atoms with van der Waals surface area (Å²) < 4.78 is 84.0. The van der Waals surface area contributed by atoms with Crippen LogP contribution in [0, 0.1) is 28.8 Å². The molecule has 1 fully saturated rings. The van der Waals surface area contributed by atoms with Crippen LogP contribution in [0.2, 0.25) is 0 Å². The van der Waals surface area contributed by atoms with Crippen molar-refractivity contribution in [2.45, 2.75) is 42.5 Å². The SMILES string of the molecule is C[C@@H](SC1COC(/C=C/C=C/c2ccc(C#N)cc2F)OC1)[C@@](Cn1cncn1)(OC(=O)c1cocc1COP(=O)(O)O)c1ccc(F)cc1F. The summed E-state index contributed by atoms with van der Waals surface area (Å²) in [6.07, 6.45) is 10.2. The van der Waals surface area contributed by atoms with Crippen LogP contribution in [0.3, 0.4) is 0 Å². The highest BCUT2D eigenvalue weighted by molar-refractivity contribution is 8.00. The maximum atomic E-state index is 15.7. The third-order valence-corrected chi connectivity index (χ3v) is 9.52. The quantitative estimate of drug-likeness (QED) is 0.0919. The average Bonchev–Trinajstić information content (AvgIpc) is 3.79. The van der Waals surface area contributed by atoms with Crippen LogP contribution in [0.5, 0.6) is 0 Å². The van der Waals surface area contributed by atoms with Gasteiger partial charge in [0.2, 0.25) is 0 Å². The average molecular weight is 747 g/mol. The number of halogens is 3. The van der Waals surface area contributed by atoms with E-state index < -0.39 is 55.0 Å². The van der Waals surface area contributed by atoms with E-state index in [9.17, 15) is 18.1 Å². The van der Waals surface area contributed by atoms with E-state index in [0.29, 0.717) is 11.6 Å². The van der Waals surface area contributed by atoms with Crippen LogP contribution >= 0.6 is 19.6 Å². The molecule has 2 N–H and O–H groups in total. The van der Waals surface area contributed by atoms with E-state index in [1.54, 1.807) is 25.2 Å². The van der Waals surface area contributed by atoms with Gasteiger partial charge in [0, 0.05) is 28.0 Å². The van der Waals surface area contributed by atoms with Crippen molar-refractivity contribution >= 4 is 31.6 Å². The van der Waals surface area contributed by atoms with Gasteiger partial charge in [-0.15, -0.1) is 11.8 Å². The van der Waals surface area contributed by atoms with Crippen molar-refractivity contribution in [1.82, 2.24) is 14.8 Å². The number of hydrogen-bond acceptors (Lipinski definition) is 11. The Morgan fingerprint density at radius 2 is 1.96 bits per heavy atom. The van der Waals surface area contributed by atoms with Gasteiger partial charge in [0.25, 0.3) is 0 Å². The molecule has 0 spiro atoms. The molecule has 3 heterocycles. The molecular formula is C33H30F3N4O9PS. The number of hydrogen-bond donors (Lipinski definition) is 2. The van der Waals surface area contributed by atoms with Crippen molar-refractivity contribution in [2.24, 2.45) is 0 Å². The van der Waals surface area contributed by atoms with Crippen molar-refractivity contribution in [1.29, 1.82) is 5.26 Å². The fraction of sp³-hybridized carbons (Fsp3) is 0.273. The number of ether oxygens (including phenoxy) is 3. The zero-order valence-corrected chi connectivity index (χ0v) is 28.4. The molecule has 1 aliphatic rings. The van der Waals surface area contributed by atoms with Crippen molar-refractivity contribution in [3.8, 4) is 6.07 Å². The first-order valence-electron chi connectivity index (χ1n) is 15.1. The fourth-order valence-corrected chi connectivity index (χ4v) is 6.78. The number of furan rings is 1. The molecule has 2 aromatic carbocycles. The van der Waals surface area contributed by atoms with Gasteiger partial charge in [0.15, 0.2) is 11.9 Å². The number of phosphoric acid groups is 1. The van der Waals surface area contributed by atoms with Crippen molar-refractivity contribution < 1.29 is 55.5 Å². The molecule has 0 aliphatic carbocycles. The summed E-state index contributed by atoms with van der Waals surface area (Å²) in [5.74, 6) is -3.47. The number of carbonyl (C=O) groups excluding carboxylic acids is 1. The minimum atomic E-state index is -4.92. The molecule has 0 unspecified atom stereocenters. The standard InChI is InChI=1S/C33H30F3N4O9PS/c1-21(51-26-15-46-31(47-16-26)5-3-2-4-23-7-6-22(12-37)10-29(23)35)33(18-40-20-38-19-39-40,28-9-8-25(34)11-30(28)36)49-32(41)27-17-45-13-24(27)14-48-50(42,43)44/h2-11,13,17,19-21,26,31H,14-16,18H2,1H3,(H2,42,43,44)/b4-2+,5-3+/t21-,26?,31?,33-/m1/s1. The van der Waals surface area contributed by atoms with Crippen LogP contribution in [0.4, 0.5) is 13.2 Å². The van der Waals surface area contributed by atoms with Gasteiger partial charge in [0.1, 0.15) is 41.9 Å². The van der Waals surface area contributed by atoms with E-state index in [-0.39, 0.29) is 47.3 Å². The maximum absolute atomic E-state index is 15.7. The zero-order chi connectivity index (χ0) is 36.6. The van der Waals surface area contributed by atoms with Crippen LogP contribution < -0.4 is 0 Å². The number of rotatable bonds is 14. The van der Waals surface area contributed by atoms with E-state index in [1.807, 2.05) is 6.07 Å². The molecule has 0 bridgehead atoms. The Balaban J connectivity index is 1.35. The Morgan fingerprint density at radius 3 is 2.63 bits per heavy atom. The van der Waals surface area contributed by atoms with Crippen LogP contribution in [0.25, 0.3) is 6.08 Å². The first-order chi connectivity index (χ1) is 24.4. The predicted octanol–water partition coefficient (Wildman–Crippen LogP) is 5.65. The van der Waals surface area contributed by atoms with Crippen LogP contribution in [-0.2, 0) is 42.1 Å². The molecule has 2 aromatic heterocycles. The second-order valence-electron chi connectivity index (χ2n) is 11.1. The summed E-state index contributed by atoms with van der Waals surface area (Å²) in [7, 11) is -4.92. The van der Waals surface area contributed by atoms with Crippen molar-refractivity contribution in [3.63, 3.8) is 0 Å². The van der Waals surface area contributed by atoms with Gasteiger partial charge in [-0.3, -0.25) is 4.52 Å². The monoisotopic (exact) mass is 746 g/mol. The van der Waals surface area contributed by atoms with E-state index >= 15 is 4.39 Å². The molecule has 0 amide bonds. The van der Waals surface area contributed by atoms with Crippen LogP contribution in [0.15, 0.2) is 84.2 Å². The summed E-state index contributed by atoms with van der Waals surface area (Å²) in [6, 6.07) is 8.84. The topological polar surface area (TPSA) is 179 Å². The number of thioether (sulfide) groups is 1. The lowest BCUT2D eigenvalue weighted by atomic mass is 9.89. The van der Waals surface area contributed by atoms with E-state index in [2.05, 4.69) is 14.6 Å². The van der Waals surface area contributed by atoms with Crippen molar-refractivity contribution in [2.75, 3.05) is 13.2 Å². The number of aromatic nitrogens is 3. The molecule has 268 valence electrons. The number of phosphoric ester groups is 1. The normalized spacial score (nSPS) is 18.5. The molecule has 5 rings (SSSR count). The van der Waals surface area contributed by atoms with Gasteiger partial charge in [-0.05, 0) is 37.3 Å². The van der Waals surface area contributed by atoms with Gasteiger partial charge in [-0.1, -0.05) is 24.3 Å². The number of nitrogens with zero attached hydrogens (tertiary/aromatic N) is 4. The van der Waals surface area contributed by atoms with Gasteiger partial charge in [0.05, 0.1) is 49.5 Å². The number of allylic oxidation sites excluding steroid dienone is 2. The lowest BCUT2D eigenvalue weighted by Crippen LogP contribution is -2.47. The number of esters is 1. The molecule has 13 nitrogen and oxygen atoms in total. The van der Waals surface area contributed by atoms with Gasteiger partial charge >= 0.3 is 13.8 Å². The van der Waals surface area contributed by atoms with E-state index in [0.717, 1.165) is 30.7 Å². The Labute approximate surface area is 293 Å². The molecule has 1 aliphatic heterocycles. The molecule has 0 radical (unpaired) electrons. The summed E-state index contributed by atoms with van der Waals surface area (Å²) in [5.41, 5.74) is -1.88. The largest absolute Gasteiger partial charge is 0.471 e. The van der Waals surface area contributed by atoms with E-state index in [1.165, 1.54) is 47.3 Å². The number of benzene rings is 2. The van der Waals surface area contributed by atoms with Gasteiger partial charge in [-0.2, -0.15) is 10.4 Å². The van der Waals surface area contributed by atoms with Crippen LogP contribution in [-0.4, -0.2) is 60.5 Å². The van der Waals surface area contributed by atoms with Crippen LogP contribution in [0.1, 0.15) is 39.5 Å². The second-order valence-corrected chi connectivity index (χ2v) is 14.0. The highest BCUT2D eigenvalue weighted by atomic mass is 32.2. The lowest BCUT2D eigenvalue weighted by Gasteiger charge is -2.40. The maximum Gasteiger partial charge on any atom is 0.469 e. The highest BCUT2D eigenvalue weighted by Gasteiger charge is 2.47. The Morgan fingerprint density at radius 1 is 1.18 bits per heavy atom. The molecule has 18 heteroatoms. The van der Waals surface area contributed by atoms with Gasteiger partial charge in [-0.25, -0.2) is 32.2 Å². The second kappa shape index (κ2) is 16.7. The molecular weight excluding hydrogens is 716 g/mol. The predicted molar refractivity (Wildman–Crippen MR) is 175 cm³/mol. The molecule has 0 saturated carbocycles. The summed E-state index contributed by atoms with van der Waals surface area (Å²) in [6.45, 7) is 0.994. The number of carbonyl (C=O) groups is 1. The molecule has 1 saturated heterocycles. The Bertz CT molecular complexity index is 1970. The van der Waals surface area contributed by atoms with Gasteiger partial charge < -0.3 is 28.4 Å². The van der Waals surface area contributed by atoms with E-state index in [4.69, 9.17) is 33.7 Å². The fourth-order valence-electron chi connectivity index (χ4n) is 5.11. The summed E-state index contributed by atoms with van der Waals surface area (Å²) >= 11 is 1.24. The number of nitriles is 1. The Kier molecular flexibility index (Phi) is 12.3. The molecule has 51 heavy (non-hydrogen) atoms. The summed E-state index contributed by atoms with van der Waals surface area (Å²) in [4.78, 5) is 36.0. The third-order valence-electron chi connectivity index (χ3n) is 7.61. The summed E-state index contributed by atoms with van der Waals surface area (Å²) in [5, 5.41) is 11.8. The highest BCUT2D eigenvalue weighted by Crippen LogP contribution is 2.43. The van der Waals surface area contributed by atoms with Crippen molar-refractivity contribution in [3.05, 3.63) is 125 Å². The zero-order valence-electron chi connectivity index (χ0n) is 26.7. The molecule has 2 atom stereocenters. The first kappa shape index (κ1) is 37.7. The third kappa shape index (κ3) is 9.83. The minimum Gasteiger partial charge on any atom is -0.471 e.